The molecule has 0 spiro atoms. The molecule has 1 aromatic rings. The number of carbonyl (C=O) groups excluding carboxylic acids is 1. The summed E-state index contributed by atoms with van der Waals surface area (Å²) in [6.45, 7) is 3.09. The largest absolute Gasteiger partial charge is 0.358 e. The highest BCUT2D eigenvalue weighted by Crippen LogP contribution is 2.26. The number of amidine groups is 1. The molecule has 0 aromatic heterocycles. The van der Waals surface area contributed by atoms with Gasteiger partial charge in [-0.15, -0.1) is 16.8 Å². The lowest BCUT2D eigenvalue weighted by molar-refractivity contribution is -0.121. The lowest BCUT2D eigenvalue weighted by atomic mass is 10.1. The molecule has 1 heterocycles. The number of nitrogens with zero attached hydrogens (tertiary/aromatic N) is 2. The Balaban J connectivity index is 0.00000364. The monoisotopic (exact) mass is 416 g/mol. The number of sulfonamides is 1. The van der Waals surface area contributed by atoms with E-state index in [9.17, 15) is 13.2 Å². The van der Waals surface area contributed by atoms with Gasteiger partial charge in [0.05, 0.1) is 0 Å². The van der Waals surface area contributed by atoms with Crippen LogP contribution in [-0.4, -0.2) is 51.2 Å². The Morgan fingerprint density at radius 1 is 1.30 bits per heavy atom. The van der Waals surface area contributed by atoms with E-state index >= 15 is 0 Å². The Hall–Kier alpha value is -1.64. The van der Waals surface area contributed by atoms with Crippen LogP contribution < -0.4 is 11.1 Å². The highest BCUT2D eigenvalue weighted by molar-refractivity contribution is 7.90. The molecule has 1 unspecified atom stereocenters. The van der Waals surface area contributed by atoms with Crippen molar-refractivity contribution in [1.29, 1.82) is 0 Å². The number of benzene rings is 1. The van der Waals surface area contributed by atoms with Crippen LogP contribution in [-0.2, 0) is 14.8 Å². The van der Waals surface area contributed by atoms with E-state index in [1.54, 1.807) is 36.2 Å². The average molecular weight is 417 g/mol. The molecule has 152 valence electrons. The summed E-state index contributed by atoms with van der Waals surface area (Å²) in [5, 5.41) is 2.96. The maximum Gasteiger partial charge on any atom is 0.285 e. The molecule has 1 aliphatic rings. The molecule has 27 heavy (non-hydrogen) atoms. The van der Waals surface area contributed by atoms with Gasteiger partial charge in [0, 0.05) is 38.2 Å². The third-order valence-electron chi connectivity index (χ3n) is 4.43. The van der Waals surface area contributed by atoms with Crippen molar-refractivity contribution < 1.29 is 13.2 Å². The SMILES string of the molecule is CCCCC(CN)NC(=O)CCCN(C)C1=NS(=O)(=O)c2ccccc21.Cl. The first-order valence-electron chi connectivity index (χ1n) is 9.04. The number of nitrogens with one attached hydrogen (secondary N) is 1. The minimum absolute atomic E-state index is 0. The molecule has 0 bridgehead atoms. The van der Waals surface area contributed by atoms with Crippen LogP contribution in [0.15, 0.2) is 33.6 Å². The van der Waals surface area contributed by atoms with Gasteiger partial charge in [-0.25, -0.2) is 0 Å². The third kappa shape index (κ3) is 6.19. The summed E-state index contributed by atoms with van der Waals surface area (Å²) in [7, 11) is -1.83. The van der Waals surface area contributed by atoms with E-state index < -0.39 is 10.0 Å². The molecule has 0 saturated carbocycles. The topological polar surface area (TPSA) is 105 Å². The van der Waals surface area contributed by atoms with Gasteiger partial charge in [-0.2, -0.15) is 8.42 Å². The van der Waals surface area contributed by atoms with Gasteiger partial charge in [0.25, 0.3) is 10.0 Å². The van der Waals surface area contributed by atoms with Gasteiger partial charge in [-0.1, -0.05) is 31.9 Å². The number of fused-ring (bicyclic) bond motifs is 1. The van der Waals surface area contributed by atoms with Crippen molar-refractivity contribution >= 4 is 34.2 Å². The first-order chi connectivity index (χ1) is 12.4. The van der Waals surface area contributed by atoms with E-state index in [-0.39, 0.29) is 29.3 Å². The minimum atomic E-state index is -3.62. The van der Waals surface area contributed by atoms with Crippen LogP contribution in [0.25, 0.3) is 0 Å². The van der Waals surface area contributed by atoms with Gasteiger partial charge in [0.15, 0.2) is 0 Å². The predicted molar refractivity (Wildman–Crippen MR) is 110 cm³/mol. The summed E-state index contributed by atoms with van der Waals surface area (Å²) in [6.07, 6.45) is 3.98. The number of amides is 1. The Kier molecular flexibility index (Phi) is 9.21. The molecule has 0 radical (unpaired) electrons. The summed E-state index contributed by atoms with van der Waals surface area (Å²) in [6, 6.07) is 6.81. The Labute approximate surface area is 167 Å². The number of nitrogens with two attached hydrogens (primary N) is 1. The summed E-state index contributed by atoms with van der Waals surface area (Å²) in [5.74, 6) is 0.412. The number of hydrogen-bond acceptors (Lipinski definition) is 5. The molecule has 1 aromatic carbocycles. The van der Waals surface area contributed by atoms with Gasteiger partial charge in [-0.3, -0.25) is 4.79 Å². The van der Waals surface area contributed by atoms with Gasteiger partial charge in [0.1, 0.15) is 10.7 Å². The Morgan fingerprint density at radius 2 is 2.00 bits per heavy atom. The van der Waals surface area contributed by atoms with Crippen LogP contribution in [0.4, 0.5) is 0 Å². The molecular formula is C18H29ClN4O3S. The standard InChI is InChI=1S/C18H28N4O3S.ClH/c1-3-4-8-14(13-19)20-17(23)11-7-12-22(2)18-15-9-5-6-10-16(15)26(24,25)21-18;/h5-6,9-10,14H,3-4,7-8,11-13,19H2,1-2H3,(H,20,23);1H. The molecule has 0 saturated heterocycles. The highest BCUT2D eigenvalue weighted by atomic mass is 35.5. The fourth-order valence-corrected chi connectivity index (χ4v) is 4.20. The predicted octanol–water partition coefficient (Wildman–Crippen LogP) is 1.90. The van der Waals surface area contributed by atoms with Gasteiger partial charge < -0.3 is 16.0 Å². The lowest BCUT2D eigenvalue weighted by Gasteiger charge is -2.20. The van der Waals surface area contributed by atoms with E-state index in [1.165, 1.54) is 0 Å². The second kappa shape index (κ2) is 10.6. The van der Waals surface area contributed by atoms with E-state index in [2.05, 4.69) is 16.6 Å². The molecule has 2 rings (SSSR count). The normalized spacial score (nSPS) is 15.3. The van der Waals surface area contributed by atoms with Crippen LogP contribution in [0, 0.1) is 0 Å². The molecular weight excluding hydrogens is 388 g/mol. The quantitative estimate of drug-likeness (QED) is 0.639. The lowest BCUT2D eigenvalue weighted by Crippen LogP contribution is -2.40. The van der Waals surface area contributed by atoms with Gasteiger partial charge >= 0.3 is 0 Å². The average Bonchev–Trinajstić information content (AvgIpc) is 2.90. The summed E-state index contributed by atoms with van der Waals surface area (Å²) in [4.78, 5) is 14.1. The zero-order valence-electron chi connectivity index (χ0n) is 15.8. The van der Waals surface area contributed by atoms with Crippen LogP contribution in [0.5, 0.6) is 0 Å². The first-order valence-corrected chi connectivity index (χ1v) is 10.5. The van der Waals surface area contributed by atoms with Crippen LogP contribution >= 0.6 is 12.4 Å². The van der Waals surface area contributed by atoms with Crippen LogP contribution in [0.2, 0.25) is 0 Å². The Bertz CT molecular complexity index is 768. The summed E-state index contributed by atoms with van der Waals surface area (Å²) in [5.41, 5.74) is 6.31. The second-order valence-electron chi connectivity index (χ2n) is 6.55. The number of hydrogen-bond donors (Lipinski definition) is 2. The fraction of sp³-hybridized carbons (Fsp3) is 0.556. The smallest absolute Gasteiger partial charge is 0.285 e. The Morgan fingerprint density at radius 3 is 2.67 bits per heavy atom. The second-order valence-corrected chi connectivity index (χ2v) is 8.13. The van der Waals surface area contributed by atoms with Crippen molar-refractivity contribution in [3.05, 3.63) is 29.8 Å². The van der Waals surface area contributed by atoms with E-state index in [0.717, 1.165) is 19.3 Å². The van der Waals surface area contributed by atoms with Crippen molar-refractivity contribution in [1.82, 2.24) is 10.2 Å². The van der Waals surface area contributed by atoms with Crippen molar-refractivity contribution in [2.45, 2.75) is 50.0 Å². The third-order valence-corrected chi connectivity index (χ3v) is 5.75. The molecule has 1 atom stereocenters. The maximum atomic E-state index is 12.1. The van der Waals surface area contributed by atoms with E-state index in [1.807, 2.05) is 0 Å². The zero-order chi connectivity index (χ0) is 19.2. The molecule has 0 aliphatic carbocycles. The van der Waals surface area contributed by atoms with E-state index in [4.69, 9.17) is 5.73 Å². The molecule has 7 nitrogen and oxygen atoms in total. The first kappa shape index (κ1) is 23.4. The van der Waals surface area contributed by atoms with Crippen molar-refractivity contribution in [3.63, 3.8) is 0 Å². The molecule has 9 heteroatoms. The molecule has 1 amide bonds. The highest BCUT2D eigenvalue weighted by Gasteiger charge is 2.30. The van der Waals surface area contributed by atoms with Crippen LogP contribution in [0.3, 0.4) is 0 Å². The van der Waals surface area contributed by atoms with Crippen molar-refractivity contribution in [3.8, 4) is 0 Å². The summed E-state index contributed by atoms with van der Waals surface area (Å²) < 4.78 is 28.1. The van der Waals surface area contributed by atoms with Gasteiger partial charge in [0.2, 0.25) is 5.91 Å². The molecule has 0 fully saturated rings. The van der Waals surface area contributed by atoms with Crippen LogP contribution in [0.1, 0.15) is 44.6 Å². The van der Waals surface area contributed by atoms with Gasteiger partial charge in [-0.05, 0) is 25.0 Å². The number of unbranched alkanes of at least 4 members (excludes halogenated alkanes) is 1. The van der Waals surface area contributed by atoms with E-state index in [0.29, 0.717) is 37.3 Å². The molecule has 1 aliphatic heterocycles. The molecule has 3 N–H and O–H groups in total. The fourth-order valence-electron chi connectivity index (χ4n) is 2.95. The number of carbonyl (C=O) groups is 1. The maximum absolute atomic E-state index is 12.1. The van der Waals surface area contributed by atoms with Crippen molar-refractivity contribution in [2.75, 3.05) is 20.1 Å². The van der Waals surface area contributed by atoms with Crippen molar-refractivity contribution in [2.24, 2.45) is 10.1 Å². The number of rotatable bonds is 9. The summed E-state index contributed by atoms with van der Waals surface area (Å²) >= 11 is 0. The zero-order valence-corrected chi connectivity index (χ0v) is 17.5. The minimum Gasteiger partial charge on any atom is -0.358 e. The number of halogens is 1.